The number of aliphatic hydroxyl groups is 1. The van der Waals surface area contributed by atoms with Gasteiger partial charge in [-0.15, -0.1) is 0 Å². The summed E-state index contributed by atoms with van der Waals surface area (Å²) in [6, 6.07) is 4.79. The zero-order chi connectivity index (χ0) is 11.5. The zero-order valence-electron chi connectivity index (χ0n) is 8.16. The summed E-state index contributed by atoms with van der Waals surface area (Å²) in [5.41, 5.74) is -0.398. The van der Waals surface area contributed by atoms with Crippen molar-refractivity contribution in [2.24, 2.45) is 0 Å². The van der Waals surface area contributed by atoms with Gasteiger partial charge in [0.2, 0.25) is 0 Å². The van der Waals surface area contributed by atoms with Gasteiger partial charge in [0.25, 0.3) is 5.91 Å². The first-order chi connectivity index (χ1) is 7.72. The third-order valence-electron chi connectivity index (χ3n) is 1.98. The lowest BCUT2D eigenvalue weighted by Gasteiger charge is -2.01. The monoisotopic (exact) mass is 220 g/mol. The van der Waals surface area contributed by atoms with Crippen LogP contribution in [0.15, 0.2) is 39.9 Å². The number of rotatable bonds is 2. The molecule has 0 saturated heterocycles. The molecule has 0 radical (unpaired) electrons. The molecule has 1 N–H and O–H groups in total. The summed E-state index contributed by atoms with van der Waals surface area (Å²) < 4.78 is 5.80. The molecular weight excluding hydrogens is 212 g/mol. The van der Waals surface area contributed by atoms with Crippen molar-refractivity contribution in [3.8, 4) is 11.5 Å². The van der Waals surface area contributed by atoms with Crippen LogP contribution in [0.3, 0.4) is 0 Å². The van der Waals surface area contributed by atoms with Crippen LogP contribution in [0.5, 0.6) is 0 Å². The largest absolute Gasteiger partial charge is 0.463 e. The van der Waals surface area contributed by atoms with Gasteiger partial charge < -0.3 is 9.52 Å². The van der Waals surface area contributed by atoms with Crippen LogP contribution < -0.4 is 5.69 Å². The highest BCUT2D eigenvalue weighted by molar-refractivity contribution is 5.79. The van der Waals surface area contributed by atoms with E-state index in [0.29, 0.717) is 11.5 Å². The summed E-state index contributed by atoms with van der Waals surface area (Å²) in [6.45, 7) is -0.734. The van der Waals surface area contributed by atoms with E-state index in [-0.39, 0.29) is 0 Å². The molecule has 0 bridgehead atoms. The van der Waals surface area contributed by atoms with Gasteiger partial charge in [-0.2, -0.15) is 4.98 Å². The lowest BCUT2D eigenvalue weighted by molar-refractivity contribution is 0.0812. The van der Waals surface area contributed by atoms with Crippen LogP contribution in [0.2, 0.25) is 0 Å². The fraction of sp³-hybridized carbons (Fsp3) is 0.100. The van der Waals surface area contributed by atoms with Crippen LogP contribution in [0, 0.1) is 0 Å². The summed E-state index contributed by atoms with van der Waals surface area (Å²) in [6.07, 6.45) is 2.72. The molecule has 2 heterocycles. The number of nitrogens with zero attached hydrogens (tertiary/aromatic N) is 2. The Morgan fingerprint density at radius 3 is 2.88 bits per heavy atom. The van der Waals surface area contributed by atoms with E-state index in [0.717, 1.165) is 4.57 Å². The number of hydrogen-bond donors (Lipinski definition) is 1. The second kappa shape index (κ2) is 4.11. The van der Waals surface area contributed by atoms with Crippen LogP contribution in [0.1, 0.15) is 4.79 Å². The van der Waals surface area contributed by atoms with E-state index in [2.05, 4.69) is 4.98 Å². The molecule has 6 nitrogen and oxygen atoms in total. The Morgan fingerprint density at radius 1 is 1.50 bits per heavy atom. The average molecular weight is 220 g/mol. The molecule has 0 saturated carbocycles. The maximum absolute atomic E-state index is 11.4. The van der Waals surface area contributed by atoms with Crippen molar-refractivity contribution in [3.05, 3.63) is 41.1 Å². The van der Waals surface area contributed by atoms with Crippen molar-refractivity contribution in [3.63, 3.8) is 0 Å². The van der Waals surface area contributed by atoms with Crippen molar-refractivity contribution in [2.45, 2.75) is 0 Å². The fourth-order valence-electron chi connectivity index (χ4n) is 1.23. The molecule has 2 rings (SSSR count). The maximum Gasteiger partial charge on any atom is 0.355 e. The Hall–Kier alpha value is -2.21. The zero-order valence-corrected chi connectivity index (χ0v) is 8.16. The van der Waals surface area contributed by atoms with Gasteiger partial charge in [-0.25, -0.2) is 9.36 Å². The predicted octanol–water partition coefficient (Wildman–Crippen LogP) is 0.136. The van der Waals surface area contributed by atoms with Gasteiger partial charge in [-0.1, -0.05) is 0 Å². The minimum absolute atomic E-state index is 0.344. The van der Waals surface area contributed by atoms with E-state index in [1.165, 1.54) is 18.5 Å². The molecule has 0 spiro atoms. The van der Waals surface area contributed by atoms with E-state index in [4.69, 9.17) is 9.52 Å². The van der Waals surface area contributed by atoms with Crippen LogP contribution in [-0.4, -0.2) is 27.2 Å². The Labute approximate surface area is 89.8 Å². The second-order valence-electron chi connectivity index (χ2n) is 2.99. The highest BCUT2D eigenvalue weighted by atomic mass is 16.3. The smallest absolute Gasteiger partial charge is 0.355 e. The van der Waals surface area contributed by atoms with Gasteiger partial charge >= 0.3 is 5.69 Å². The SMILES string of the molecule is O=C(CO)n1ccc(-c2ccco2)nc1=O. The Kier molecular flexibility index (Phi) is 2.65. The van der Waals surface area contributed by atoms with Crippen LogP contribution in [-0.2, 0) is 0 Å². The maximum atomic E-state index is 11.4. The quantitative estimate of drug-likeness (QED) is 0.777. The topological polar surface area (TPSA) is 85.3 Å². The average Bonchev–Trinajstić information content (AvgIpc) is 2.81. The Bertz CT molecular complexity index is 556. The van der Waals surface area contributed by atoms with Gasteiger partial charge in [0.15, 0.2) is 5.76 Å². The molecule has 0 fully saturated rings. The Morgan fingerprint density at radius 2 is 2.31 bits per heavy atom. The van der Waals surface area contributed by atoms with Gasteiger partial charge in [0.1, 0.15) is 12.3 Å². The molecule has 0 aliphatic rings. The molecule has 82 valence electrons. The lowest BCUT2D eigenvalue weighted by atomic mass is 10.3. The lowest BCUT2D eigenvalue weighted by Crippen LogP contribution is -2.30. The number of carbonyl (C=O) groups excluding carboxylic acids is 1. The molecule has 2 aromatic heterocycles. The molecule has 0 atom stereocenters. The first-order valence-electron chi connectivity index (χ1n) is 4.50. The fourth-order valence-corrected chi connectivity index (χ4v) is 1.23. The third kappa shape index (κ3) is 1.78. The summed E-state index contributed by atoms with van der Waals surface area (Å²) in [7, 11) is 0. The van der Waals surface area contributed by atoms with Crippen LogP contribution in [0.4, 0.5) is 0 Å². The van der Waals surface area contributed by atoms with Gasteiger partial charge in [0, 0.05) is 6.20 Å². The number of carbonyl (C=O) groups is 1. The Balaban J connectivity index is 2.45. The molecule has 2 aromatic rings. The van der Waals surface area contributed by atoms with Crippen molar-refractivity contribution in [2.75, 3.05) is 6.61 Å². The summed E-state index contributed by atoms with van der Waals surface area (Å²) in [4.78, 5) is 26.2. The molecule has 0 unspecified atom stereocenters. The summed E-state index contributed by atoms with van der Waals surface area (Å²) in [5, 5.41) is 8.61. The van der Waals surface area contributed by atoms with Crippen LogP contribution in [0.25, 0.3) is 11.5 Å². The molecule has 0 aliphatic heterocycles. The minimum Gasteiger partial charge on any atom is -0.463 e. The third-order valence-corrected chi connectivity index (χ3v) is 1.98. The summed E-state index contributed by atoms with van der Waals surface area (Å²) in [5.74, 6) is -0.274. The van der Waals surface area contributed by atoms with Crippen molar-refractivity contribution in [1.29, 1.82) is 0 Å². The van der Waals surface area contributed by atoms with Crippen molar-refractivity contribution < 1.29 is 14.3 Å². The minimum atomic E-state index is -0.743. The van der Waals surface area contributed by atoms with Gasteiger partial charge in [-0.3, -0.25) is 4.79 Å². The number of aliphatic hydroxyl groups excluding tert-OH is 1. The molecular formula is C10H8N2O4. The summed E-state index contributed by atoms with van der Waals surface area (Å²) >= 11 is 0. The van der Waals surface area contributed by atoms with E-state index in [1.54, 1.807) is 12.1 Å². The van der Waals surface area contributed by atoms with E-state index in [1.807, 2.05) is 0 Å². The van der Waals surface area contributed by atoms with Crippen molar-refractivity contribution in [1.82, 2.24) is 9.55 Å². The number of aromatic nitrogens is 2. The normalized spacial score (nSPS) is 10.3. The van der Waals surface area contributed by atoms with E-state index < -0.39 is 18.2 Å². The number of furan rings is 1. The first kappa shape index (κ1) is 10.3. The molecule has 0 aliphatic carbocycles. The predicted molar refractivity (Wildman–Crippen MR) is 53.9 cm³/mol. The molecule has 6 heteroatoms. The molecule has 0 aromatic carbocycles. The van der Waals surface area contributed by atoms with E-state index in [9.17, 15) is 9.59 Å². The van der Waals surface area contributed by atoms with Crippen molar-refractivity contribution >= 4 is 5.91 Å². The van der Waals surface area contributed by atoms with Gasteiger partial charge in [-0.05, 0) is 18.2 Å². The highest BCUT2D eigenvalue weighted by Crippen LogP contribution is 2.14. The van der Waals surface area contributed by atoms with Crippen LogP contribution >= 0.6 is 0 Å². The highest BCUT2D eigenvalue weighted by Gasteiger charge is 2.09. The van der Waals surface area contributed by atoms with E-state index >= 15 is 0 Å². The first-order valence-corrected chi connectivity index (χ1v) is 4.50. The second-order valence-corrected chi connectivity index (χ2v) is 2.99. The molecule has 0 amide bonds. The standard InChI is InChI=1S/C10H8N2O4/c13-6-9(14)12-4-3-7(11-10(12)15)8-2-1-5-16-8/h1-5,13H,6H2. The van der Waals surface area contributed by atoms with Gasteiger partial charge in [0.05, 0.1) is 6.26 Å². The number of hydrogen-bond acceptors (Lipinski definition) is 5. The molecule has 16 heavy (non-hydrogen) atoms.